The second-order valence-electron chi connectivity index (χ2n) is 12.0. The first-order valence-corrected chi connectivity index (χ1v) is 14.5. The molecule has 0 bridgehead atoms. The van der Waals surface area contributed by atoms with Crippen LogP contribution in [0, 0.1) is 11.7 Å². The van der Waals surface area contributed by atoms with E-state index in [1.54, 1.807) is 49.5 Å². The zero-order valence-corrected chi connectivity index (χ0v) is 24.4. The number of aliphatic hydroxyl groups is 1. The van der Waals surface area contributed by atoms with E-state index in [4.69, 9.17) is 14.5 Å². The molecule has 0 saturated heterocycles. The molecule has 0 spiro atoms. The molecule has 3 heterocycles. The number of hydrogen-bond acceptors (Lipinski definition) is 7. The Labute approximate surface area is 249 Å². The van der Waals surface area contributed by atoms with E-state index in [2.05, 4.69) is 10.3 Å². The van der Waals surface area contributed by atoms with Crippen LogP contribution in [0.1, 0.15) is 61.1 Å². The molecule has 2 aliphatic rings. The van der Waals surface area contributed by atoms with Crippen molar-refractivity contribution in [2.24, 2.45) is 5.92 Å². The van der Waals surface area contributed by atoms with Crippen LogP contribution < -0.4 is 14.8 Å². The van der Waals surface area contributed by atoms with Crippen molar-refractivity contribution in [3.63, 3.8) is 0 Å². The van der Waals surface area contributed by atoms with Gasteiger partial charge in [0.2, 0.25) is 5.91 Å². The number of benzene rings is 2. The Kier molecular flexibility index (Phi) is 7.38. The number of Topliss-reactive ketones (excluding diaryl/α,β-unsaturated/α-hetero) is 1. The minimum Gasteiger partial charge on any atom is -0.494 e. The highest BCUT2D eigenvalue weighted by Crippen LogP contribution is 2.46. The lowest BCUT2D eigenvalue weighted by molar-refractivity contribution is -0.126. The van der Waals surface area contributed by atoms with Gasteiger partial charge in [0, 0.05) is 41.2 Å². The number of nitrogens with one attached hydrogen (secondary N) is 1. The van der Waals surface area contributed by atoms with Crippen molar-refractivity contribution in [3.05, 3.63) is 83.4 Å². The lowest BCUT2D eigenvalue weighted by Gasteiger charge is -2.26. The Balaban J connectivity index is 1.32. The summed E-state index contributed by atoms with van der Waals surface area (Å²) in [6.45, 7) is 4.15. The van der Waals surface area contributed by atoms with E-state index in [-0.39, 0.29) is 31.1 Å². The van der Waals surface area contributed by atoms with E-state index in [9.17, 15) is 19.1 Å². The Bertz CT molecular complexity index is 1720. The van der Waals surface area contributed by atoms with Crippen LogP contribution in [0.2, 0.25) is 0 Å². The van der Waals surface area contributed by atoms with Crippen LogP contribution in [0.15, 0.2) is 60.8 Å². The molecule has 1 aliphatic heterocycles. The summed E-state index contributed by atoms with van der Waals surface area (Å²) >= 11 is 0. The van der Waals surface area contributed by atoms with E-state index in [1.165, 1.54) is 19.2 Å². The summed E-state index contributed by atoms with van der Waals surface area (Å²) in [5.41, 5.74) is 0.462. The van der Waals surface area contributed by atoms with Crippen LogP contribution in [-0.2, 0) is 15.8 Å². The zero-order chi connectivity index (χ0) is 30.4. The number of pyridine rings is 2. The highest BCUT2D eigenvalue weighted by Gasteiger charge is 2.46. The van der Waals surface area contributed by atoms with Crippen LogP contribution in [-0.4, -0.2) is 47.0 Å². The number of methoxy groups -OCH3 is 1. The van der Waals surface area contributed by atoms with E-state index in [0.29, 0.717) is 57.6 Å². The fraction of sp³-hybridized carbons (Fsp3) is 0.353. The van der Waals surface area contributed by atoms with Gasteiger partial charge in [-0.3, -0.25) is 14.6 Å². The zero-order valence-electron chi connectivity index (χ0n) is 24.4. The average molecular weight is 584 g/mol. The Morgan fingerprint density at radius 1 is 1.19 bits per heavy atom. The third-order valence-electron chi connectivity index (χ3n) is 8.54. The first kappa shape index (κ1) is 28.7. The normalized spacial score (nSPS) is 18.9. The highest BCUT2D eigenvalue weighted by molar-refractivity contribution is 6.01. The SMILES string of the molecule is COc1cc(C(=O)CCC(C)(O)c2cc3c(c(-c4ccc(F)cc4)n2)OC[C@]3(C)C(=O)NCC2CC2)cc2cccnc12. The fourth-order valence-electron chi connectivity index (χ4n) is 5.51. The summed E-state index contributed by atoms with van der Waals surface area (Å²) in [5.74, 6) is 0.717. The summed E-state index contributed by atoms with van der Waals surface area (Å²) in [6, 6.07) is 14.6. The van der Waals surface area contributed by atoms with Crippen molar-refractivity contribution in [1.29, 1.82) is 0 Å². The number of carbonyl (C=O) groups is 2. The van der Waals surface area contributed by atoms with Gasteiger partial charge in [-0.2, -0.15) is 0 Å². The van der Waals surface area contributed by atoms with Crippen molar-refractivity contribution in [1.82, 2.24) is 15.3 Å². The molecule has 1 amide bonds. The number of ketones is 1. The van der Waals surface area contributed by atoms with Crippen LogP contribution >= 0.6 is 0 Å². The molecule has 8 nitrogen and oxygen atoms in total. The van der Waals surface area contributed by atoms with Crippen molar-refractivity contribution >= 4 is 22.6 Å². The smallest absolute Gasteiger partial charge is 0.234 e. The van der Waals surface area contributed by atoms with Crippen LogP contribution in [0.4, 0.5) is 4.39 Å². The molecule has 222 valence electrons. The van der Waals surface area contributed by atoms with Crippen molar-refractivity contribution in [2.45, 2.75) is 50.5 Å². The molecule has 6 rings (SSSR count). The summed E-state index contributed by atoms with van der Waals surface area (Å²) < 4.78 is 25.3. The van der Waals surface area contributed by atoms with E-state index >= 15 is 0 Å². The maximum absolute atomic E-state index is 13.8. The molecule has 2 atom stereocenters. The van der Waals surface area contributed by atoms with Crippen molar-refractivity contribution < 1.29 is 28.6 Å². The van der Waals surface area contributed by atoms with Crippen LogP contribution in [0.5, 0.6) is 11.5 Å². The molecule has 9 heteroatoms. The molecule has 1 aliphatic carbocycles. The van der Waals surface area contributed by atoms with E-state index < -0.39 is 16.8 Å². The average Bonchev–Trinajstić information content (AvgIpc) is 3.79. The number of amides is 1. The number of nitrogens with zero attached hydrogens (tertiary/aromatic N) is 2. The lowest BCUT2D eigenvalue weighted by atomic mass is 9.81. The van der Waals surface area contributed by atoms with Gasteiger partial charge in [0.25, 0.3) is 0 Å². The van der Waals surface area contributed by atoms with Gasteiger partial charge in [-0.15, -0.1) is 0 Å². The molecule has 1 fully saturated rings. The first-order valence-electron chi connectivity index (χ1n) is 14.5. The van der Waals surface area contributed by atoms with Gasteiger partial charge in [-0.05, 0) is 87.6 Å². The van der Waals surface area contributed by atoms with Gasteiger partial charge in [0.05, 0.1) is 12.8 Å². The molecule has 43 heavy (non-hydrogen) atoms. The predicted octanol–water partition coefficient (Wildman–Crippen LogP) is 5.49. The van der Waals surface area contributed by atoms with E-state index in [0.717, 1.165) is 18.2 Å². The van der Waals surface area contributed by atoms with Crippen molar-refractivity contribution in [2.75, 3.05) is 20.3 Å². The topological polar surface area (TPSA) is 111 Å². The fourth-order valence-corrected chi connectivity index (χ4v) is 5.51. The molecule has 2 aromatic heterocycles. The van der Waals surface area contributed by atoms with Crippen LogP contribution in [0.3, 0.4) is 0 Å². The molecule has 0 radical (unpaired) electrons. The summed E-state index contributed by atoms with van der Waals surface area (Å²) in [6.07, 6.45) is 3.98. The van der Waals surface area contributed by atoms with Gasteiger partial charge >= 0.3 is 0 Å². The van der Waals surface area contributed by atoms with Gasteiger partial charge in [-0.1, -0.05) is 6.07 Å². The number of ether oxygens (including phenoxy) is 2. The highest BCUT2D eigenvalue weighted by atomic mass is 19.1. The molecule has 1 saturated carbocycles. The predicted molar refractivity (Wildman–Crippen MR) is 160 cm³/mol. The van der Waals surface area contributed by atoms with Gasteiger partial charge in [0.15, 0.2) is 5.78 Å². The first-order chi connectivity index (χ1) is 20.6. The monoisotopic (exact) mass is 583 g/mol. The maximum atomic E-state index is 13.8. The number of halogens is 1. The quantitative estimate of drug-likeness (QED) is 0.238. The van der Waals surface area contributed by atoms with Crippen LogP contribution in [0.25, 0.3) is 22.2 Å². The van der Waals surface area contributed by atoms with Gasteiger partial charge in [0.1, 0.15) is 46.1 Å². The second-order valence-corrected chi connectivity index (χ2v) is 12.0. The molecule has 4 aromatic rings. The summed E-state index contributed by atoms with van der Waals surface area (Å²) in [7, 11) is 1.53. The molecular weight excluding hydrogens is 549 g/mol. The Hall–Kier alpha value is -4.37. The molecule has 2 N–H and O–H groups in total. The minimum atomic E-state index is -1.53. The molecule has 1 unspecified atom stereocenters. The lowest BCUT2D eigenvalue weighted by Crippen LogP contribution is -2.44. The largest absolute Gasteiger partial charge is 0.494 e. The maximum Gasteiger partial charge on any atom is 0.234 e. The number of hydrogen-bond donors (Lipinski definition) is 2. The third kappa shape index (κ3) is 5.57. The number of fused-ring (bicyclic) bond motifs is 2. The Morgan fingerprint density at radius 2 is 1.95 bits per heavy atom. The third-order valence-corrected chi connectivity index (χ3v) is 8.54. The summed E-state index contributed by atoms with van der Waals surface area (Å²) in [4.78, 5) is 35.9. The van der Waals surface area contributed by atoms with Gasteiger partial charge < -0.3 is 19.9 Å². The van der Waals surface area contributed by atoms with E-state index in [1.807, 2.05) is 13.0 Å². The molecular formula is C34H34FN3O5. The number of aromatic nitrogens is 2. The minimum absolute atomic E-state index is 0.0300. The second kappa shape index (κ2) is 11.0. The standard InChI is InChI=1S/C34H34FN3O5/c1-33(32(40)37-18-20-6-7-20)19-43-31-25(33)17-28(38-30(31)21-8-10-24(35)11-9-21)34(2,41)13-12-26(39)23-15-22-5-4-14-36-29(22)27(16-23)42-3/h4-5,8-11,14-17,20,41H,6-7,12-13,18-19H2,1-3H3,(H,37,40)/t33-,34?/m0/s1. The molecule has 2 aromatic carbocycles. The number of rotatable bonds is 10. The van der Waals surface area contributed by atoms with Gasteiger partial charge in [-0.25, -0.2) is 9.37 Å². The Morgan fingerprint density at radius 3 is 2.67 bits per heavy atom. The van der Waals surface area contributed by atoms with Crippen molar-refractivity contribution in [3.8, 4) is 22.8 Å². The number of carbonyl (C=O) groups excluding carboxylic acids is 2. The summed E-state index contributed by atoms with van der Waals surface area (Å²) in [5, 5.41) is 15.6.